The van der Waals surface area contributed by atoms with Crippen LogP contribution in [0.3, 0.4) is 0 Å². The number of hydrogen-bond acceptors (Lipinski definition) is 2. The number of hydrogen-bond donors (Lipinski definition) is 1. The van der Waals surface area contributed by atoms with Crippen molar-refractivity contribution in [3.63, 3.8) is 0 Å². The Labute approximate surface area is 100 Å². The van der Waals surface area contributed by atoms with Crippen LogP contribution in [-0.2, 0) is 13.6 Å². The van der Waals surface area contributed by atoms with Crippen molar-refractivity contribution in [2.45, 2.75) is 13.5 Å². The highest BCUT2D eigenvalue weighted by molar-refractivity contribution is 5.33. The molecule has 0 fully saturated rings. The van der Waals surface area contributed by atoms with Crippen molar-refractivity contribution < 1.29 is 0 Å². The molecule has 1 heterocycles. The molecule has 1 N–H and O–H groups in total. The van der Waals surface area contributed by atoms with E-state index in [0.717, 1.165) is 16.9 Å². The molecule has 4 heteroatoms. The van der Waals surface area contributed by atoms with Gasteiger partial charge >= 0.3 is 0 Å². The Bertz CT molecular complexity index is 566. The number of nitrogens with zero attached hydrogens (tertiary/aromatic N) is 2. The number of para-hydroxylation sites is 1. The van der Waals surface area contributed by atoms with E-state index in [-0.39, 0.29) is 5.56 Å². The summed E-state index contributed by atoms with van der Waals surface area (Å²) in [7, 11) is 3.75. The molecule has 0 aliphatic carbocycles. The van der Waals surface area contributed by atoms with Crippen LogP contribution in [-0.4, -0.2) is 16.4 Å². The molecule has 0 spiro atoms. The van der Waals surface area contributed by atoms with Gasteiger partial charge in [0.1, 0.15) is 0 Å². The zero-order valence-electron chi connectivity index (χ0n) is 10.4. The minimum absolute atomic E-state index is 0.0468. The van der Waals surface area contributed by atoms with Crippen molar-refractivity contribution in [1.29, 1.82) is 0 Å². The van der Waals surface area contributed by atoms with Crippen LogP contribution < -0.4 is 10.9 Å². The van der Waals surface area contributed by atoms with Crippen molar-refractivity contribution in [2.24, 2.45) is 7.05 Å². The van der Waals surface area contributed by atoms with Crippen LogP contribution in [0.1, 0.15) is 11.3 Å². The van der Waals surface area contributed by atoms with Crippen molar-refractivity contribution >= 4 is 0 Å². The molecule has 0 atom stereocenters. The van der Waals surface area contributed by atoms with E-state index in [0.29, 0.717) is 6.54 Å². The van der Waals surface area contributed by atoms with Crippen molar-refractivity contribution in [3.8, 4) is 5.69 Å². The van der Waals surface area contributed by atoms with E-state index >= 15 is 0 Å². The molecule has 1 aromatic carbocycles. The largest absolute Gasteiger partial charge is 0.315 e. The van der Waals surface area contributed by atoms with Crippen LogP contribution in [0, 0.1) is 6.92 Å². The Morgan fingerprint density at radius 1 is 1.24 bits per heavy atom. The van der Waals surface area contributed by atoms with Gasteiger partial charge in [0.05, 0.1) is 11.3 Å². The first kappa shape index (κ1) is 11.7. The summed E-state index contributed by atoms with van der Waals surface area (Å²) >= 11 is 0. The third-order valence-corrected chi connectivity index (χ3v) is 3.03. The lowest BCUT2D eigenvalue weighted by Gasteiger charge is -2.07. The minimum atomic E-state index is 0.0468. The molecule has 2 aromatic rings. The predicted molar refractivity (Wildman–Crippen MR) is 68.5 cm³/mol. The summed E-state index contributed by atoms with van der Waals surface area (Å²) in [4.78, 5) is 12.3. The minimum Gasteiger partial charge on any atom is -0.315 e. The molecule has 17 heavy (non-hydrogen) atoms. The molecule has 0 saturated carbocycles. The summed E-state index contributed by atoms with van der Waals surface area (Å²) < 4.78 is 3.59. The fourth-order valence-electron chi connectivity index (χ4n) is 2.00. The highest BCUT2D eigenvalue weighted by Crippen LogP contribution is 2.09. The molecule has 90 valence electrons. The van der Waals surface area contributed by atoms with Crippen LogP contribution in [0.15, 0.2) is 35.1 Å². The normalized spacial score (nSPS) is 10.8. The number of rotatable bonds is 3. The fourth-order valence-corrected chi connectivity index (χ4v) is 2.00. The molecule has 0 aliphatic rings. The summed E-state index contributed by atoms with van der Waals surface area (Å²) in [6, 6.07) is 9.68. The third kappa shape index (κ3) is 1.91. The summed E-state index contributed by atoms with van der Waals surface area (Å²) in [5, 5.41) is 3.03. The Morgan fingerprint density at radius 3 is 2.47 bits per heavy atom. The first-order valence-electron chi connectivity index (χ1n) is 5.64. The predicted octanol–water partition coefficient (Wildman–Crippen LogP) is 1.20. The summed E-state index contributed by atoms with van der Waals surface area (Å²) in [5.41, 5.74) is 2.75. The SMILES string of the molecule is CNCc1c(C)n(C)n(-c2ccccc2)c1=O. The van der Waals surface area contributed by atoms with Gasteiger partial charge in [-0.1, -0.05) is 18.2 Å². The van der Waals surface area contributed by atoms with Gasteiger partial charge in [-0.25, -0.2) is 4.68 Å². The maximum Gasteiger partial charge on any atom is 0.276 e. The van der Waals surface area contributed by atoms with Gasteiger partial charge in [-0.05, 0) is 26.1 Å². The van der Waals surface area contributed by atoms with Crippen LogP contribution in [0.25, 0.3) is 5.69 Å². The van der Waals surface area contributed by atoms with Gasteiger partial charge in [0.25, 0.3) is 5.56 Å². The number of benzene rings is 1. The van der Waals surface area contributed by atoms with Crippen LogP contribution >= 0.6 is 0 Å². The Balaban J connectivity index is 2.64. The van der Waals surface area contributed by atoms with E-state index in [2.05, 4.69) is 5.32 Å². The van der Waals surface area contributed by atoms with Crippen LogP contribution in [0.5, 0.6) is 0 Å². The van der Waals surface area contributed by atoms with E-state index in [1.54, 1.807) is 4.68 Å². The second-order valence-corrected chi connectivity index (χ2v) is 4.07. The molecular weight excluding hydrogens is 214 g/mol. The first-order chi connectivity index (χ1) is 8.16. The fraction of sp³-hybridized carbons (Fsp3) is 0.308. The Kier molecular flexibility index (Phi) is 3.15. The number of nitrogens with one attached hydrogen (secondary N) is 1. The molecule has 0 radical (unpaired) electrons. The Hall–Kier alpha value is -1.81. The van der Waals surface area contributed by atoms with Gasteiger partial charge in [0.2, 0.25) is 0 Å². The van der Waals surface area contributed by atoms with E-state index < -0.39 is 0 Å². The first-order valence-corrected chi connectivity index (χ1v) is 5.64. The van der Waals surface area contributed by atoms with Crippen molar-refractivity contribution in [2.75, 3.05) is 7.05 Å². The molecule has 0 aliphatic heterocycles. The molecule has 0 amide bonds. The smallest absolute Gasteiger partial charge is 0.276 e. The lowest BCUT2D eigenvalue weighted by atomic mass is 10.2. The van der Waals surface area contributed by atoms with Gasteiger partial charge in [-0.3, -0.25) is 9.48 Å². The zero-order valence-corrected chi connectivity index (χ0v) is 10.4. The highest BCUT2D eigenvalue weighted by atomic mass is 16.1. The standard InChI is InChI=1S/C13H17N3O/c1-10-12(9-14-2)13(17)16(15(10)3)11-7-5-4-6-8-11/h4-8,14H,9H2,1-3H3. The van der Waals surface area contributed by atoms with Crippen molar-refractivity contribution in [1.82, 2.24) is 14.7 Å². The Morgan fingerprint density at radius 2 is 1.88 bits per heavy atom. The van der Waals surface area contributed by atoms with Gasteiger partial charge in [0, 0.05) is 19.3 Å². The lowest BCUT2D eigenvalue weighted by Crippen LogP contribution is -2.22. The second-order valence-electron chi connectivity index (χ2n) is 4.07. The van der Waals surface area contributed by atoms with E-state index in [1.165, 1.54) is 0 Å². The van der Waals surface area contributed by atoms with E-state index in [4.69, 9.17) is 0 Å². The van der Waals surface area contributed by atoms with Crippen LogP contribution in [0.4, 0.5) is 0 Å². The number of aromatic nitrogens is 2. The highest BCUT2D eigenvalue weighted by Gasteiger charge is 2.14. The van der Waals surface area contributed by atoms with Gasteiger partial charge < -0.3 is 5.32 Å². The molecule has 0 bridgehead atoms. The lowest BCUT2D eigenvalue weighted by molar-refractivity contribution is 0.630. The maximum absolute atomic E-state index is 12.3. The average Bonchev–Trinajstić information content (AvgIpc) is 2.55. The monoisotopic (exact) mass is 231 g/mol. The third-order valence-electron chi connectivity index (χ3n) is 3.03. The molecular formula is C13H17N3O. The zero-order chi connectivity index (χ0) is 12.4. The van der Waals surface area contributed by atoms with E-state index in [9.17, 15) is 4.79 Å². The summed E-state index contributed by atoms with van der Waals surface area (Å²) in [6.45, 7) is 2.56. The molecule has 4 nitrogen and oxygen atoms in total. The van der Waals surface area contributed by atoms with Crippen molar-refractivity contribution in [3.05, 3.63) is 51.9 Å². The van der Waals surface area contributed by atoms with Gasteiger partial charge in [-0.15, -0.1) is 0 Å². The molecule has 2 rings (SSSR count). The van der Waals surface area contributed by atoms with E-state index in [1.807, 2.05) is 56.0 Å². The summed E-state index contributed by atoms with van der Waals surface area (Å²) in [5.74, 6) is 0. The second kappa shape index (κ2) is 4.59. The molecule has 1 aromatic heterocycles. The quantitative estimate of drug-likeness (QED) is 0.862. The molecule has 0 unspecified atom stereocenters. The topological polar surface area (TPSA) is 39.0 Å². The van der Waals surface area contributed by atoms with Crippen LogP contribution in [0.2, 0.25) is 0 Å². The van der Waals surface area contributed by atoms with Gasteiger partial charge in [0.15, 0.2) is 0 Å². The molecule has 0 saturated heterocycles. The average molecular weight is 231 g/mol. The maximum atomic E-state index is 12.3. The summed E-state index contributed by atoms with van der Waals surface area (Å²) in [6.07, 6.45) is 0. The van der Waals surface area contributed by atoms with Gasteiger partial charge in [-0.2, -0.15) is 0 Å².